The van der Waals surface area contributed by atoms with Crippen molar-refractivity contribution in [1.82, 2.24) is 4.90 Å². The van der Waals surface area contributed by atoms with Crippen molar-refractivity contribution in [3.63, 3.8) is 0 Å². The molecular weight excluding hydrogens is 308 g/mol. The van der Waals surface area contributed by atoms with Crippen LogP contribution in [0.2, 0.25) is 0 Å². The molecule has 2 aliphatic rings. The second-order valence-corrected chi connectivity index (χ2v) is 7.32. The molecule has 0 fully saturated rings. The molecule has 2 aliphatic carbocycles. The molecule has 0 aliphatic heterocycles. The summed E-state index contributed by atoms with van der Waals surface area (Å²) in [6, 6.07) is 8.29. The monoisotopic (exact) mass is 335 g/mol. The van der Waals surface area contributed by atoms with Gasteiger partial charge >= 0.3 is 5.89 Å². The van der Waals surface area contributed by atoms with Gasteiger partial charge in [0.15, 0.2) is 0 Å². The van der Waals surface area contributed by atoms with Gasteiger partial charge in [-0.3, -0.25) is 0 Å². The number of aromatic nitrogens is 1. The zero-order valence-corrected chi connectivity index (χ0v) is 15.5. The number of rotatable bonds is 3. The zero-order chi connectivity index (χ0) is 17.4. The van der Waals surface area contributed by atoms with E-state index >= 15 is 0 Å². The van der Waals surface area contributed by atoms with Crippen LogP contribution in [0.3, 0.4) is 0 Å². The molecule has 2 aromatic rings. The predicted molar refractivity (Wildman–Crippen MR) is 102 cm³/mol. The van der Waals surface area contributed by atoms with Crippen LogP contribution in [0.1, 0.15) is 38.5 Å². The largest absolute Gasteiger partial charge is 0.398 e. The van der Waals surface area contributed by atoms with E-state index in [1.807, 2.05) is 12.1 Å². The Kier molecular flexibility index (Phi) is 4.24. The molecule has 4 rings (SSSR count). The Balaban J connectivity index is 1.73. The Morgan fingerprint density at radius 3 is 2.76 bits per heavy atom. The van der Waals surface area contributed by atoms with Crippen molar-refractivity contribution in [3.05, 3.63) is 59.2 Å². The second kappa shape index (κ2) is 6.55. The molecule has 0 saturated heterocycles. The average Bonchev–Trinajstić information content (AvgIpc) is 2.98. The minimum absolute atomic E-state index is 0.731. The minimum atomic E-state index is 0.731. The van der Waals surface area contributed by atoms with Gasteiger partial charge in [-0.15, -0.1) is 0 Å². The molecule has 0 saturated carbocycles. The predicted octanol–water partition coefficient (Wildman–Crippen LogP) is 4.70. The number of para-hydroxylation sites is 2. The first kappa shape index (κ1) is 16.2. The summed E-state index contributed by atoms with van der Waals surface area (Å²) in [6.45, 7) is 3.09. The highest BCUT2D eigenvalue weighted by atomic mass is 16.3. The van der Waals surface area contributed by atoms with Gasteiger partial charge in [0.1, 0.15) is 6.54 Å². The van der Waals surface area contributed by atoms with Crippen molar-refractivity contribution in [2.75, 3.05) is 14.1 Å². The molecule has 1 heterocycles. The maximum atomic E-state index is 6.12. The Morgan fingerprint density at radius 1 is 1.16 bits per heavy atom. The summed E-state index contributed by atoms with van der Waals surface area (Å²) in [5.74, 6) is 1.69. The van der Waals surface area contributed by atoms with Gasteiger partial charge in [-0.2, -0.15) is 4.57 Å². The fourth-order valence-corrected chi connectivity index (χ4v) is 4.08. The molecular formula is C22H27N2O+. The minimum Gasteiger partial charge on any atom is -0.398 e. The van der Waals surface area contributed by atoms with Crippen molar-refractivity contribution in [3.8, 4) is 0 Å². The van der Waals surface area contributed by atoms with E-state index in [-0.39, 0.29) is 0 Å². The number of nitrogens with zero attached hydrogens (tertiary/aromatic N) is 2. The van der Waals surface area contributed by atoms with Gasteiger partial charge in [0, 0.05) is 25.9 Å². The molecule has 0 N–H and O–H groups in total. The van der Waals surface area contributed by atoms with E-state index in [0.29, 0.717) is 0 Å². The number of benzene rings is 1. The number of allylic oxidation sites excluding steroid dienone is 5. The maximum absolute atomic E-state index is 6.12. The lowest BCUT2D eigenvalue weighted by Crippen LogP contribution is -2.33. The molecule has 25 heavy (non-hydrogen) atoms. The van der Waals surface area contributed by atoms with Gasteiger partial charge in [0.05, 0.1) is 6.08 Å². The lowest BCUT2D eigenvalue weighted by atomic mass is 9.78. The fourth-order valence-electron chi connectivity index (χ4n) is 4.08. The van der Waals surface area contributed by atoms with Crippen molar-refractivity contribution in [2.24, 2.45) is 5.92 Å². The summed E-state index contributed by atoms with van der Waals surface area (Å²) >= 11 is 0. The Morgan fingerprint density at radius 2 is 1.96 bits per heavy atom. The fraction of sp³-hybridized carbons (Fsp3) is 0.409. The van der Waals surface area contributed by atoms with Crippen LogP contribution in [-0.4, -0.2) is 19.0 Å². The first-order chi connectivity index (χ1) is 12.2. The van der Waals surface area contributed by atoms with Crippen LogP contribution in [-0.2, 0) is 6.54 Å². The van der Waals surface area contributed by atoms with Crippen LogP contribution in [0.5, 0.6) is 0 Å². The molecule has 1 aromatic carbocycles. The van der Waals surface area contributed by atoms with Gasteiger partial charge < -0.3 is 9.32 Å². The van der Waals surface area contributed by atoms with Gasteiger partial charge in [-0.1, -0.05) is 18.2 Å². The van der Waals surface area contributed by atoms with E-state index in [0.717, 1.165) is 30.4 Å². The molecule has 1 unspecified atom stereocenters. The van der Waals surface area contributed by atoms with Crippen LogP contribution < -0.4 is 4.57 Å². The molecule has 0 bridgehead atoms. The summed E-state index contributed by atoms with van der Waals surface area (Å²) in [7, 11) is 4.29. The number of hydrogen-bond acceptors (Lipinski definition) is 2. The lowest BCUT2D eigenvalue weighted by molar-refractivity contribution is -0.674. The summed E-state index contributed by atoms with van der Waals surface area (Å²) < 4.78 is 8.38. The van der Waals surface area contributed by atoms with Crippen LogP contribution >= 0.6 is 0 Å². The highest BCUT2D eigenvalue weighted by molar-refractivity contribution is 5.70. The van der Waals surface area contributed by atoms with E-state index in [4.69, 9.17) is 4.42 Å². The zero-order valence-electron chi connectivity index (χ0n) is 15.5. The van der Waals surface area contributed by atoms with Gasteiger partial charge in [-0.05, 0) is 61.8 Å². The average molecular weight is 335 g/mol. The highest BCUT2D eigenvalue weighted by Crippen LogP contribution is 2.38. The number of aryl methyl sites for hydroxylation is 1. The van der Waals surface area contributed by atoms with E-state index in [2.05, 4.69) is 60.8 Å². The lowest BCUT2D eigenvalue weighted by Gasteiger charge is -2.31. The summed E-state index contributed by atoms with van der Waals surface area (Å²) in [5, 5.41) is 0. The Bertz CT molecular complexity index is 883. The standard InChI is InChI=1S/C22H27N2O/c1-4-24-20-7-5-6-8-21(20)25-22(24)14-16-9-10-17-11-12-19(23(2)3)15-18(17)13-16/h5-8,13-15,17H,4,9-12H2,1-3H3/q+1. The van der Waals surface area contributed by atoms with E-state index in [1.165, 1.54) is 41.6 Å². The van der Waals surface area contributed by atoms with Crippen LogP contribution in [0.4, 0.5) is 0 Å². The van der Waals surface area contributed by atoms with Crippen molar-refractivity contribution >= 4 is 17.2 Å². The normalized spacial score (nSPS) is 21.9. The van der Waals surface area contributed by atoms with Crippen LogP contribution in [0.25, 0.3) is 17.2 Å². The number of fused-ring (bicyclic) bond motifs is 2. The van der Waals surface area contributed by atoms with Gasteiger partial charge in [0.25, 0.3) is 5.52 Å². The third-order valence-corrected chi connectivity index (χ3v) is 5.52. The third-order valence-electron chi connectivity index (χ3n) is 5.52. The molecule has 3 heteroatoms. The van der Waals surface area contributed by atoms with Crippen LogP contribution in [0.15, 0.2) is 57.7 Å². The first-order valence-corrected chi connectivity index (χ1v) is 9.37. The van der Waals surface area contributed by atoms with Crippen molar-refractivity contribution in [2.45, 2.75) is 39.2 Å². The molecule has 0 radical (unpaired) electrons. The third kappa shape index (κ3) is 3.04. The molecule has 0 amide bonds. The highest BCUT2D eigenvalue weighted by Gasteiger charge is 2.25. The van der Waals surface area contributed by atoms with Gasteiger partial charge in [0.2, 0.25) is 5.58 Å². The molecule has 3 nitrogen and oxygen atoms in total. The van der Waals surface area contributed by atoms with Crippen molar-refractivity contribution < 1.29 is 8.98 Å². The topological polar surface area (TPSA) is 20.3 Å². The van der Waals surface area contributed by atoms with Gasteiger partial charge in [-0.25, -0.2) is 0 Å². The molecule has 1 aromatic heterocycles. The second-order valence-electron chi connectivity index (χ2n) is 7.32. The number of oxazole rings is 1. The first-order valence-electron chi connectivity index (χ1n) is 9.37. The number of hydrogen-bond donors (Lipinski definition) is 0. The van der Waals surface area contributed by atoms with Crippen LogP contribution in [0, 0.1) is 5.92 Å². The van der Waals surface area contributed by atoms with Crippen molar-refractivity contribution in [1.29, 1.82) is 0 Å². The SMILES string of the molecule is CC[n+]1c(/C=C2/C=C3C=C(N(C)C)CCC3CC2)oc2ccccc21. The maximum Gasteiger partial charge on any atom is 0.374 e. The summed E-state index contributed by atoms with van der Waals surface area (Å²) in [6.07, 6.45) is 11.9. The quantitative estimate of drug-likeness (QED) is 0.758. The smallest absolute Gasteiger partial charge is 0.374 e. The summed E-state index contributed by atoms with van der Waals surface area (Å²) in [4.78, 5) is 2.25. The Labute approximate surface area is 149 Å². The van der Waals surface area contributed by atoms with E-state index in [1.54, 1.807) is 0 Å². The molecule has 0 spiro atoms. The van der Waals surface area contributed by atoms with E-state index in [9.17, 15) is 0 Å². The molecule has 1 atom stereocenters. The van der Waals surface area contributed by atoms with E-state index < -0.39 is 0 Å². The molecule has 130 valence electrons. The summed E-state index contributed by atoms with van der Waals surface area (Å²) in [5.41, 5.74) is 6.45. The Hall–Kier alpha value is -2.29.